The van der Waals surface area contributed by atoms with Crippen LogP contribution in [0.5, 0.6) is 5.75 Å². The number of carboxylic acids is 1. The molecule has 3 aromatic carbocycles. The molecule has 0 bridgehead atoms. The van der Waals surface area contributed by atoms with Crippen molar-refractivity contribution in [2.45, 2.75) is 5.92 Å². The van der Waals surface area contributed by atoms with E-state index in [1.165, 1.54) is 19.2 Å². The van der Waals surface area contributed by atoms with Crippen molar-refractivity contribution in [3.05, 3.63) is 77.4 Å². The molecule has 4 heteroatoms. The highest BCUT2D eigenvalue weighted by Crippen LogP contribution is 2.35. The van der Waals surface area contributed by atoms with Crippen LogP contribution in [0.1, 0.15) is 27.4 Å². The predicted molar refractivity (Wildman–Crippen MR) is 91.4 cm³/mol. The van der Waals surface area contributed by atoms with E-state index in [1.807, 2.05) is 42.5 Å². The molecule has 1 atom stereocenters. The van der Waals surface area contributed by atoms with Crippen LogP contribution in [0.25, 0.3) is 10.8 Å². The van der Waals surface area contributed by atoms with Gasteiger partial charge in [0.1, 0.15) is 11.7 Å². The second-order valence-corrected chi connectivity index (χ2v) is 5.39. The molecule has 3 aromatic rings. The van der Waals surface area contributed by atoms with Crippen molar-refractivity contribution >= 4 is 16.7 Å². The minimum Gasteiger partial charge on any atom is -0.496 e. The van der Waals surface area contributed by atoms with E-state index in [2.05, 4.69) is 6.07 Å². The maximum Gasteiger partial charge on any atom is 0.335 e. The molecule has 0 fully saturated rings. The third-order valence-electron chi connectivity index (χ3n) is 4.05. The molecule has 0 heterocycles. The Morgan fingerprint density at radius 2 is 1.83 bits per heavy atom. The zero-order valence-corrected chi connectivity index (χ0v) is 13.1. The van der Waals surface area contributed by atoms with Crippen molar-refractivity contribution in [2.75, 3.05) is 7.11 Å². The molecule has 0 aliphatic rings. The molecule has 0 saturated carbocycles. The first-order chi connectivity index (χ1) is 11.7. The molecule has 0 aliphatic carbocycles. The first-order valence-corrected chi connectivity index (χ1v) is 7.44. The lowest BCUT2D eigenvalue weighted by Gasteiger charge is -2.16. The van der Waals surface area contributed by atoms with Gasteiger partial charge in [-0.15, -0.1) is 0 Å². The number of carboxylic acid groups (broad SMARTS) is 1. The van der Waals surface area contributed by atoms with E-state index >= 15 is 0 Å². The molecule has 0 aromatic heterocycles. The van der Waals surface area contributed by atoms with Crippen molar-refractivity contribution in [1.82, 2.24) is 0 Å². The lowest BCUT2D eigenvalue weighted by Crippen LogP contribution is -2.05. The van der Waals surface area contributed by atoms with Gasteiger partial charge in [0.15, 0.2) is 0 Å². The van der Waals surface area contributed by atoms with Gasteiger partial charge in [-0.05, 0) is 34.5 Å². The van der Waals surface area contributed by atoms with Gasteiger partial charge in [-0.2, -0.15) is 5.26 Å². The Morgan fingerprint density at radius 1 is 1.08 bits per heavy atom. The molecule has 3 rings (SSSR count). The summed E-state index contributed by atoms with van der Waals surface area (Å²) in [6.07, 6.45) is 0. The molecule has 0 spiro atoms. The molecule has 24 heavy (non-hydrogen) atoms. The maximum absolute atomic E-state index is 11.3. The summed E-state index contributed by atoms with van der Waals surface area (Å²) in [6, 6.07) is 20.5. The summed E-state index contributed by atoms with van der Waals surface area (Å²) in [6.45, 7) is 0. The third-order valence-corrected chi connectivity index (χ3v) is 4.05. The normalized spacial score (nSPS) is 11.7. The summed E-state index contributed by atoms with van der Waals surface area (Å²) < 4.78 is 5.35. The molecular weight excluding hydrogens is 302 g/mol. The van der Waals surface area contributed by atoms with E-state index in [-0.39, 0.29) is 5.56 Å². The quantitative estimate of drug-likeness (QED) is 0.783. The number of ether oxygens (including phenoxy) is 1. The fraction of sp³-hybridized carbons (Fsp3) is 0.100. The third kappa shape index (κ3) is 2.68. The molecule has 0 amide bonds. The Hall–Kier alpha value is -3.32. The minimum atomic E-state index is -1.03. The van der Waals surface area contributed by atoms with Gasteiger partial charge in [0.2, 0.25) is 0 Å². The minimum absolute atomic E-state index is 0.131. The van der Waals surface area contributed by atoms with Crippen molar-refractivity contribution in [2.24, 2.45) is 0 Å². The average molecular weight is 317 g/mol. The highest BCUT2D eigenvalue weighted by atomic mass is 16.5. The van der Waals surface area contributed by atoms with Gasteiger partial charge in [-0.25, -0.2) is 4.79 Å². The fourth-order valence-electron chi connectivity index (χ4n) is 2.90. The van der Waals surface area contributed by atoms with E-state index in [9.17, 15) is 15.2 Å². The van der Waals surface area contributed by atoms with Crippen LogP contribution in [0, 0.1) is 11.3 Å². The van der Waals surface area contributed by atoms with E-state index in [1.54, 1.807) is 6.07 Å². The average Bonchev–Trinajstić information content (AvgIpc) is 2.62. The Morgan fingerprint density at radius 3 is 2.54 bits per heavy atom. The molecule has 118 valence electrons. The van der Waals surface area contributed by atoms with Crippen LogP contribution in [0.3, 0.4) is 0 Å². The molecule has 0 aliphatic heterocycles. The predicted octanol–water partition coefficient (Wildman–Crippen LogP) is 4.20. The second-order valence-electron chi connectivity index (χ2n) is 5.39. The Kier molecular flexibility index (Phi) is 4.17. The standard InChI is InChI=1S/C20H15NO3/c1-24-19-10-9-14(20(22)23)11-17(19)18(12-21)16-8-4-6-13-5-2-3-7-15(13)16/h2-11,18H,1H3,(H,22,23). The first-order valence-electron chi connectivity index (χ1n) is 7.44. The van der Waals surface area contributed by atoms with Crippen molar-refractivity contribution in [3.63, 3.8) is 0 Å². The zero-order valence-electron chi connectivity index (χ0n) is 13.1. The number of fused-ring (bicyclic) bond motifs is 1. The van der Waals surface area contributed by atoms with Gasteiger partial charge in [-0.1, -0.05) is 42.5 Å². The van der Waals surface area contributed by atoms with Gasteiger partial charge in [-0.3, -0.25) is 0 Å². The molecule has 0 radical (unpaired) electrons. The molecule has 1 unspecified atom stereocenters. The number of nitrogens with zero attached hydrogens (tertiary/aromatic N) is 1. The van der Waals surface area contributed by atoms with Crippen molar-refractivity contribution in [1.29, 1.82) is 5.26 Å². The summed E-state index contributed by atoms with van der Waals surface area (Å²) in [5, 5.41) is 21.0. The summed E-state index contributed by atoms with van der Waals surface area (Å²) >= 11 is 0. The summed E-state index contributed by atoms with van der Waals surface area (Å²) in [7, 11) is 1.51. The van der Waals surface area contributed by atoms with Crippen LogP contribution in [-0.2, 0) is 0 Å². The van der Waals surface area contributed by atoms with Crippen LogP contribution >= 0.6 is 0 Å². The molecule has 4 nitrogen and oxygen atoms in total. The lowest BCUT2D eigenvalue weighted by atomic mass is 9.87. The number of nitriles is 1. The Bertz CT molecular complexity index is 951. The first kappa shape index (κ1) is 15.6. The van der Waals surface area contributed by atoms with Crippen molar-refractivity contribution < 1.29 is 14.6 Å². The smallest absolute Gasteiger partial charge is 0.335 e. The summed E-state index contributed by atoms with van der Waals surface area (Å²) in [5.41, 5.74) is 1.51. The van der Waals surface area contributed by atoms with Crippen molar-refractivity contribution in [3.8, 4) is 11.8 Å². The van der Waals surface area contributed by atoms with E-state index in [0.717, 1.165) is 16.3 Å². The highest BCUT2D eigenvalue weighted by molar-refractivity contribution is 5.89. The number of hydrogen-bond acceptors (Lipinski definition) is 3. The van der Waals surface area contributed by atoms with E-state index < -0.39 is 11.9 Å². The van der Waals surface area contributed by atoms with Crippen LogP contribution in [-0.4, -0.2) is 18.2 Å². The van der Waals surface area contributed by atoms with Crippen LogP contribution in [0.4, 0.5) is 0 Å². The van der Waals surface area contributed by atoms with Gasteiger partial charge in [0, 0.05) is 5.56 Å². The largest absolute Gasteiger partial charge is 0.496 e. The molecular formula is C20H15NO3. The zero-order chi connectivity index (χ0) is 17.1. The topological polar surface area (TPSA) is 70.3 Å². The van der Waals surface area contributed by atoms with Crippen LogP contribution < -0.4 is 4.74 Å². The number of hydrogen-bond donors (Lipinski definition) is 1. The summed E-state index contributed by atoms with van der Waals surface area (Å²) in [5.74, 6) is -1.15. The molecule has 1 N–H and O–H groups in total. The fourth-order valence-corrected chi connectivity index (χ4v) is 2.90. The molecule has 0 saturated heterocycles. The SMILES string of the molecule is COc1ccc(C(=O)O)cc1C(C#N)c1cccc2ccccc12. The number of benzene rings is 3. The Balaban J connectivity index is 2.24. The van der Waals surface area contributed by atoms with Gasteiger partial charge < -0.3 is 9.84 Å². The summed E-state index contributed by atoms with van der Waals surface area (Å²) in [4.78, 5) is 11.3. The lowest BCUT2D eigenvalue weighted by molar-refractivity contribution is 0.0696. The van der Waals surface area contributed by atoms with E-state index in [4.69, 9.17) is 4.74 Å². The van der Waals surface area contributed by atoms with Gasteiger partial charge >= 0.3 is 5.97 Å². The number of aromatic carboxylic acids is 1. The van der Waals surface area contributed by atoms with Gasteiger partial charge in [0.05, 0.1) is 18.7 Å². The number of rotatable bonds is 4. The van der Waals surface area contributed by atoms with Crippen LogP contribution in [0.2, 0.25) is 0 Å². The van der Waals surface area contributed by atoms with Gasteiger partial charge in [0.25, 0.3) is 0 Å². The monoisotopic (exact) mass is 317 g/mol. The Labute approximate surface area is 139 Å². The second kappa shape index (κ2) is 6.43. The van der Waals surface area contributed by atoms with Crippen LogP contribution in [0.15, 0.2) is 60.7 Å². The van der Waals surface area contributed by atoms with E-state index in [0.29, 0.717) is 11.3 Å². The number of carbonyl (C=O) groups is 1. The highest BCUT2D eigenvalue weighted by Gasteiger charge is 2.21. The number of methoxy groups -OCH3 is 1. The maximum atomic E-state index is 11.3.